The summed E-state index contributed by atoms with van der Waals surface area (Å²) in [6, 6.07) is 0. The number of ether oxygens (including phenoxy) is 2. The molecule has 1 atom stereocenters. The Morgan fingerprint density at radius 3 is 1.39 bits per heavy atom. The van der Waals surface area contributed by atoms with Crippen molar-refractivity contribution >= 4 is 5.97 Å². The summed E-state index contributed by atoms with van der Waals surface area (Å²) in [6.45, 7) is 5.16. The molecule has 0 aromatic heterocycles. The normalized spacial score (nSPS) is 13.1. The van der Waals surface area contributed by atoms with Gasteiger partial charge in [0.2, 0.25) is 0 Å². The number of carbonyl (C=O) groups excluding carboxylic acids is 1. The van der Waals surface area contributed by atoms with Crippen LogP contribution in [-0.2, 0) is 14.3 Å². The zero-order valence-electron chi connectivity index (χ0n) is 32.2. The van der Waals surface area contributed by atoms with Crippen LogP contribution in [0.2, 0.25) is 0 Å². The molecule has 0 saturated carbocycles. The van der Waals surface area contributed by atoms with E-state index in [0.717, 1.165) is 64.2 Å². The molecule has 0 saturated heterocycles. The second-order valence-electron chi connectivity index (χ2n) is 13.3. The van der Waals surface area contributed by atoms with Gasteiger partial charge in [0.25, 0.3) is 0 Å². The van der Waals surface area contributed by atoms with Gasteiger partial charge in [0.1, 0.15) is 6.10 Å². The molecular weight excluding hydrogens is 604 g/mol. The highest BCUT2D eigenvalue weighted by molar-refractivity contribution is 5.69. The van der Waals surface area contributed by atoms with Crippen molar-refractivity contribution in [3.05, 3.63) is 72.9 Å². The molecule has 0 amide bonds. The van der Waals surface area contributed by atoms with Crippen LogP contribution in [0.15, 0.2) is 72.9 Å². The zero-order valence-corrected chi connectivity index (χ0v) is 32.2. The molecule has 49 heavy (non-hydrogen) atoms. The van der Waals surface area contributed by atoms with Crippen LogP contribution in [-0.4, -0.2) is 37.0 Å². The second-order valence-corrected chi connectivity index (χ2v) is 13.3. The minimum atomic E-state index is -0.550. The van der Waals surface area contributed by atoms with Crippen molar-refractivity contribution in [2.75, 3.05) is 19.8 Å². The van der Waals surface area contributed by atoms with Gasteiger partial charge < -0.3 is 14.6 Å². The van der Waals surface area contributed by atoms with Crippen LogP contribution in [0.3, 0.4) is 0 Å². The summed E-state index contributed by atoms with van der Waals surface area (Å²) in [6.07, 6.45) is 56.6. The van der Waals surface area contributed by atoms with Gasteiger partial charge in [0.05, 0.1) is 13.2 Å². The maximum atomic E-state index is 12.2. The van der Waals surface area contributed by atoms with Crippen molar-refractivity contribution in [3.63, 3.8) is 0 Å². The fourth-order valence-corrected chi connectivity index (χ4v) is 5.47. The summed E-state index contributed by atoms with van der Waals surface area (Å²) in [5, 5.41) is 9.59. The molecule has 0 spiro atoms. The van der Waals surface area contributed by atoms with Gasteiger partial charge in [-0.3, -0.25) is 4.79 Å². The Bertz CT molecular complexity index is 850. The van der Waals surface area contributed by atoms with Crippen molar-refractivity contribution < 1.29 is 19.4 Å². The lowest BCUT2D eigenvalue weighted by molar-refractivity contribution is -0.154. The third-order valence-electron chi connectivity index (χ3n) is 8.52. The zero-order chi connectivity index (χ0) is 35.6. The fraction of sp³-hybridized carbons (Fsp3) is 0.711. The minimum Gasteiger partial charge on any atom is -0.457 e. The van der Waals surface area contributed by atoms with Crippen LogP contribution in [0.25, 0.3) is 0 Å². The van der Waals surface area contributed by atoms with E-state index in [9.17, 15) is 9.90 Å². The predicted molar refractivity (Wildman–Crippen MR) is 214 cm³/mol. The van der Waals surface area contributed by atoms with E-state index < -0.39 is 6.10 Å². The molecule has 1 N–H and O–H groups in total. The maximum Gasteiger partial charge on any atom is 0.306 e. The lowest BCUT2D eigenvalue weighted by Gasteiger charge is -2.15. The van der Waals surface area contributed by atoms with Gasteiger partial charge in [-0.1, -0.05) is 164 Å². The van der Waals surface area contributed by atoms with Gasteiger partial charge in [-0.05, 0) is 83.5 Å². The summed E-state index contributed by atoms with van der Waals surface area (Å²) in [5.41, 5.74) is 0. The van der Waals surface area contributed by atoms with E-state index in [1.54, 1.807) is 0 Å². The second kappa shape index (κ2) is 42.0. The van der Waals surface area contributed by atoms with Crippen molar-refractivity contribution in [1.29, 1.82) is 0 Å². The number of hydrogen-bond acceptors (Lipinski definition) is 4. The Morgan fingerprint density at radius 2 is 0.918 bits per heavy atom. The number of rotatable bonds is 37. The predicted octanol–water partition coefficient (Wildman–Crippen LogP) is 13.4. The van der Waals surface area contributed by atoms with E-state index in [-0.39, 0.29) is 19.2 Å². The summed E-state index contributed by atoms with van der Waals surface area (Å²) < 4.78 is 11.1. The first-order valence-corrected chi connectivity index (χ1v) is 20.5. The smallest absolute Gasteiger partial charge is 0.306 e. The molecule has 0 rings (SSSR count). The summed E-state index contributed by atoms with van der Waals surface area (Å²) >= 11 is 0. The van der Waals surface area contributed by atoms with Crippen LogP contribution in [0, 0.1) is 0 Å². The number of allylic oxidation sites excluding steroid dienone is 12. The Morgan fingerprint density at radius 1 is 0.510 bits per heavy atom. The number of carbonyl (C=O) groups is 1. The van der Waals surface area contributed by atoms with E-state index >= 15 is 0 Å². The van der Waals surface area contributed by atoms with Gasteiger partial charge in [0.15, 0.2) is 0 Å². The van der Waals surface area contributed by atoms with Gasteiger partial charge in [-0.25, -0.2) is 0 Å². The van der Waals surface area contributed by atoms with Gasteiger partial charge in [0, 0.05) is 13.0 Å². The Hall–Kier alpha value is -2.17. The summed E-state index contributed by atoms with van der Waals surface area (Å²) in [5.74, 6) is -0.215. The first kappa shape index (κ1) is 46.8. The number of aliphatic hydroxyl groups excluding tert-OH is 1. The van der Waals surface area contributed by atoms with Crippen LogP contribution in [0.5, 0.6) is 0 Å². The highest BCUT2D eigenvalue weighted by Crippen LogP contribution is 2.13. The average molecular weight is 683 g/mol. The summed E-state index contributed by atoms with van der Waals surface area (Å²) in [7, 11) is 0. The molecule has 4 heteroatoms. The molecule has 0 aromatic carbocycles. The molecule has 1 unspecified atom stereocenters. The largest absolute Gasteiger partial charge is 0.457 e. The number of unbranched alkanes of at least 4 members (excludes halogenated alkanes) is 17. The average Bonchev–Trinajstić information content (AvgIpc) is 3.11. The van der Waals surface area contributed by atoms with Gasteiger partial charge in [-0.2, -0.15) is 0 Å². The Balaban J connectivity index is 3.50. The first-order valence-electron chi connectivity index (χ1n) is 20.5. The van der Waals surface area contributed by atoms with Crippen LogP contribution < -0.4 is 0 Å². The van der Waals surface area contributed by atoms with Crippen molar-refractivity contribution in [2.45, 2.75) is 187 Å². The van der Waals surface area contributed by atoms with Gasteiger partial charge >= 0.3 is 5.97 Å². The quantitative estimate of drug-likeness (QED) is 0.0402. The molecule has 0 radical (unpaired) electrons. The molecule has 0 bridgehead atoms. The third-order valence-corrected chi connectivity index (χ3v) is 8.52. The number of esters is 1. The molecule has 0 aliphatic carbocycles. The van der Waals surface area contributed by atoms with Gasteiger partial charge in [-0.15, -0.1) is 0 Å². The minimum absolute atomic E-state index is 0.185. The Kier molecular flexibility index (Phi) is 40.1. The molecular formula is C45H78O4. The SMILES string of the molecule is CC/C=C\C/C=C\C/C=C\C/C=C\CCCCCCCOCC(CO)OC(=O)CCCCCCCCCCC/C=C\C/C=C\CCCCC. The lowest BCUT2D eigenvalue weighted by Crippen LogP contribution is -2.27. The topological polar surface area (TPSA) is 55.8 Å². The highest BCUT2D eigenvalue weighted by atomic mass is 16.6. The Labute approximate surface area is 304 Å². The molecule has 0 aromatic rings. The first-order chi connectivity index (χ1) is 24.2. The van der Waals surface area contributed by atoms with E-state index in [1.807, 2.05) is 0 Å². The van der Waals surface area contributed by atoms with E-state index in [0.29, 0.717) is 13.0 Å². The molecule has 0 fully saturated rings. The molecule has 0 aliphatic heterocycles. The van der Waals surface area contributed by atoms with Crippen molar-refractivity contribution in [3.8, 4) is 0 Å². The van der Waals surface area contributed by atoms with E-state index in [1.165, 1.54) is 96.3 Å². The standard InChI is InChI=1S/C45H78O4/c1-3-5-7-9-11-13-15-17-19-21-23-24-26-28-30-32-34-36-38-40-45(47)49-44(42-46)43-48-41-39-37-35-33-31-29-27-25-22-20-18-16-14-12-10-8-6-4-2/h6,8,11-14,17-20,25,27,44,46H,3-5,7,9-10,15-16,21-24,26,28-43H2,1-2H3/b8-6-,13-11-,14-12-,19-17-,20-18-,27-25-. The van der Waals surface area contributed by atoms with Crippen LogP contribution in [0.1, 0.15) is 181 Å². The fourth-order valence-electron chi connectivity index (χ4n) is 5.47. The highest BCUT2D eigenvalue weighted by Gasteiger charge is 2.13. The monoisotopic (exact) mass is 683 g/mol. The van der Waals surface area contributed by atoms with Crippen LogP contribution >= 0.6 is 0 Å². The summed E-state index contributed by atoms with van der Waals surface area (Å²) in [4.78, 5) is 12.2. The van der Waals surface area contributed by atoms with Crippen LogP contribution in [0.4, 0.5) is 0 Å². The molecule has 4 nitrogen and oxygen atoms in total. The molecule has 282 valence electrons. The van der Waals surface area contributed by atoms with Crippen molar-refractivity contribution in [1.82, 2.24) is 0 Å². The number of hydrogen-bond donors (Lipinski definition) is 1. The maximum absolute atomic E-state index is 12.2. The lowest BCUT2D eigenvalue weighted by atomic mass is 10.1. The van der Waals surface area contributed by atoms with Crippen molar-refractivity contribution in [2.24, 2.45) is 0 Å². The third kappa shape index (κ3) is 40.1. The number of aliphatic hydroxyl groups is 1. The van der Waals surface area contributed by atoms with E-state index in [4.69, 9.17) is 9.47 Å². The van der Waals surface area contributed by atoms with E-state index in [2.05, 4.69) is 86.8 Å². The molecule has 0 heterocycles. The molecule has 0 aliphatic rings.